The minimum absolute atomic E-state index is 0.000596. The van der Waals surface area contributed by atoms with Gasteiger partial charge >= 0.3 is 0 Å². The van der Waals surface area contributed by atoms with E-state index < -0.39 is 5.60 Å². The molecule has 3 heteroatoms. The third-order valence-electron chi connectivity index (χ3n) is 7.99. The third-order valence-corrected chi connectivity index (χ3v) is 7.99. The van der Waals surface area contributed by atoms with Crippen molar-refractivity contribution in [1.29, 1.82) is 0 Å². The topological polar surface area (TPSA) is 38.3 Å². The Bertz CT molecular complexity index is 721. The Kier molecular flexibility index (Phi) is 5.03. The van der Waals surface area contributed by atoms with Gasteiger partial charge in [0.2, 0.25) is 0 Å². The number of ether oxygens (including phenoxy) is 1. The van der Waals surface area contributed by atoms with E-state index in [0.717, 1.165) is 23.5 Å². The van der Waals surface area contributed by atoms with Gasteiger partial charge in [-0.15, -0.1) is 0 Å². The van der Waals surface area contributed by atoms with Crippen LogP contribution in [0.25, 0.3) is 0 Å². The second kappa shape index (κ2) is 7.03. The van der Waals surface area contributed by atoms with Crippen molar-refractivity contribution in [1.82, 2.24) is 5.32 Å². The zero-order valence-electron chi connectivity index (χ0n) is 19.2. The van der Waals surface area contributed by atoms with E-state index in [1.807, 2.05) is 26.0 Å². The predicted octanol–water partition coefficient (Wildman–Crippen LogP) is 5.86. The summed E-state index contributed by atoms with van der Waals surface area (Å²) in [7, 11) is 0. The van der Waals surface area contributed by atoms with Crippen LogP contribution >= 0.6 is 0 Å². The van der Waals surface area contributed by atoms with Crippen molar-refractivity contribution in [3.63, 3.8) is 0 Å². The van der Waals surface area contributed by atoms with Gasteiger partial charge in [-0.2, -0.15) is 0 Å². The summed E-state index contributed by atoms with van der Waals surface area (Å²) < 4.78 is 6.14. The summed E-state index contributed by atoms with van der Waals surface area (Å²) in [6.07, 6.45) is 8.19. The number of benzene rings is 1. The Morgan fingerprint density at radius 2 is 1.45 bits per heavy atom. The van der Waals surface area contributed by atoms with Gasteiger partial charge in [0.05, 0.1) is 0 Å². The molecule has 1 N–H and O–H groups in total. The van der Waals surface area contributed by atoms with Gasteiger partial charge in [0.15, 0.2) is 5.60 Å². The van der Waals surface area contributed by atoms with Gasteiger partial charge in [-0.3, -0.25) is 4.79 Å². The Hall–Kier alpha value is -1.51. The maximum absolute atomic E-state index is 13.2. The van der Waals surface area contributed by atoms with Crippen LogP contribution in [0.5, 0.6) is 5.75 Å². The third kappa shape index (κ3) is 4.07. The van der Waals surface area contributed by atoms with Gasteiger partial charge in [0, 0.05) is 6.04 Å². The first-order valence-electron chi connectivity index (χ1n) is 11.6. The number of hydrogen-bond acceptors (Lipinski definition) is 2. The summed E-state index contributed by atoms with van der Waals surface area (Å²) in [6.45, 7) is 12.6. The van der Waals surface area contributed by atoms with Crippen LogP contribution in [0, 0.1) is 23.2 Å². The molecular formula is C26H39NO2. The SMILES string of the molecule is C[C@@H](NC(=O)C(C)(C)Oc1ccc(C(C)(C)C)cc1)C12CC3CC(CC(C3)C1)C2. The molecule has 0 saturated heterocycles. The highest BCUT2D eigenvalue weighted by atomic mass is 16.5. The lowest BCUT2D eigenvalue weighted by Crippen LogP contribution is -2.59. The zero-order valence-corrected chi connectivity index (χ0v) is 19.2. The molecular weight excluding hydrogens is 358 g/mol. The van der Waals surface area contributed by atoms with Crippen molar-refractivity contribution in [3.05, 3.63) is 29.8 Å². The van der Waals surface area contributed by atoms with E-state index in [1.54, 1.807) is 0 Å². The van der Waals surface area contributed by atoms with Crippen LogP contribution < -0.4 is 10.1 Å². The van der Waals surface area contributed by atoms with Gasteiger partial charge < -0.3 is 10.1 Å². The molecule has 1 atom stereocenters. The highest BCUT2D eigenvalue weighted by Gasteiger charge is 2.53. The van der Waals surface area contributed by atoms with E-state index in [9.17, 15) is 4.79 Å². The summed E-state index contributed by atoms with van der Waals surface area (Å²) >= 11 is 0. The molecule has 3 nitrogen and oxygen atoms in total. The van der Waals surface area contributed by atoms with Crippen LogP contribution in [-0.2, 0) is 10.2 Å². The van der Waals surface area contributed by atoms with E-state index in [-0.39, 0.29) is 17.4 Å². The summed E-state index contributed by atoms with van der Waals surface area (Å²) in [6, 6.07) is 8.38. The molecule has 1 amide bonds. The Morgan fingerprint density at radius 1 is 0.966 bits per heavy atom. The van der Waals surface area contributed by atoms with Crippen molar-refractivity contribution < 1.29 is 9.53 Å². The molecule has 0 aromatic heterocycles. The van der Waals surface area contributed by atoms with Crippen LogP contribution in [0.15, 0.2) is 24.3 Å². The molecule has 160 valence electrons. The summed E-state index contributed by atoms with van der Waals surface area (Å²) in [5, 5.41) is 3.37. The van der Waals surface area contributed by atoms with Gasteiger partial charge in [-0.25, -0.2) is 0 Å². The molecule has 0 aliphatic heterocycles. The number of carbonyl (C=O) groups is 1. The largest absolute Gasteiger partial charge is 0.478 e. The second-order valence-electron chi connectivity index (χ2n) is 11.9. The second-order valence-corrected chi connectivity index (χ2v) is 11.9. The van der Waals surface area contributed by atoms with E-state index in [0.29, 0.717) is 5.41 Å². The fourth-order valence-electron chi connectivity index (χ4n) is 6.60. The van der Waals surface area contributed by atoms with Crippen LogP contribution in [0.1, 0.15) is 85.6 Å². The van der Waals surface area contributed by atoms with Crippen molar-refractivity contribution in [2.75, 3.05) is 0 Å². The average Bonchev–Trinajstić information content (AvgIpc) is 2.59. The van der Waals surface area contributed by atoms with Gasteiger partial charge in [-0.1, -0.05) is 32.9 Å². The Morgan fingerprint density at radius 3 is 1.90 bits per heavy atom. The maximum atomic E-state index is 13.2. The van der Waals surface area contributed by atoms with E-state index in [4.69, 9.17) is 4.74 Å². The lowest BCUT2D eigenvalue weighted by molar-refractivity contribution is -0.138. The summed E-state index contributed by atoms with van der Waals surface area (Å²) in [5.74, 6) is 3.44. The zero-order chi connectivity index (χ0) is 21.0. The maximum Gasteiger partial charge on any atom is 0.263 e. The molecule has 4 saturated carbocycles. The normalized spacial score (nSPS) is 32.1. The van der Waals surface area contributed by atoms with E-state index in [1.165, 1.54) is 44.1 Å². The molecule has 29 heavy (non-hydrogen) atoms. The molecule has 4 aliphatic carbocycles. The number of nitrogens with one attached hydrogen (secondary N) is 1. The first kappa shape index (κ1) is 20.8. The molecule has 4 aliphatic rings. The highest BCUT2D eigenvalue weighted by molar-refractivity contribution is 5.85. The fraction of sp³-hybridized carbons (Fsp3) is 0.731. The monoisotopic (exact) mass is 397 g/mol. The Balaban J connectivity index is 1.41. The quantitative estimate of drug-likeness (QED) is 0.675. The molecule has 0 radical (unpaired) electrons. The predicted molar refractivity (Wildman–Crippen MR) is 118 cm³/mol. The molecule has 5 rings (SSSR count). The Labute approximate surface area is 177 Å². The van der Waals surface area contributed by atoms with Crippen molar-refractivity contribution >= 4 is 5.91 Å². The molecule has 4 bridgehead atoms. The van der Waals surface area contributed by atoms with Crippen LogP contribution in [0.4, 0.5) is 0 Å². The lowest BCUT2D eigenvalue weighted by atomic mass is 9.48. The van der Waals surface area contributed by atoms with E-state index >= 15 is 0 Å². The van der Waals surface area contributed by atoms with Gasteiger partial charge in [-0.05, 0) is 106 Å². The summed E-state index contributed by atoms with van der Waals surface area (Å²) in [4.78, 5) is 13.2. The minimum Gasteiger partial charge on any atom is -0.478 e. The van der Waals surface area contributed by atoms with E-state index in [2.05, 4.69) is 45.1 Å². The molecule has 0 heterocycles. The molecule has 0 spiro atoms. The fourth-order valence-corrected chi connectivity index (χ4v) is 6.60. The minimum atomic E-state index is -0.889. The number of hydrogen-bond donors (Lipinski definition) is 1. The number of rotatable bonds is 5. The highest BCUT2D eigenvalue weighted by Crippen LogP contribution is 2.61. The first-order valence-corrected chi connectivity index (χ1v) is 11.6. The van der Waals surface area contributed by atoms with Crippen LogP contribution in [0.2, 0.25) is 0 Å². The van der Waals surface area contributed by atoms with Crippen molar-refractivity contribution in [2.24, 2.45) is 23.2 Å². The van der Waals surface area contributed by atoms with Crippen molar-refractivity contribution in [2.45, 2.75) is 97.1 Å². The average molecular weight is 398 g/mol. The molecule has 4 fully saturated rings. The number of carbonyl (C=O) groups excluding carboxylic acids is 1. The smallest absolute Gasteiger partial charge is 0.263 e. The van der Waals surface area contributed by atoms with Crippen LogP contribution in [-0.4, -0.2) is 17.6 Å². The van der Waals surface area contributed by atoms with Crippen LogP contribution in [0.3, 0.4) is 0 Å². The molecule has 0 unspecified atom stereocenters. The van der Waals surface area contributed by atoms with Crippen molar-refractivity contribution in [3.8, 4) is 5.75 Å². The van der Waals surface area contributed by atoms with Gasteiger partial charge in [0.1, 0.15) is 5.75 Å². The number of amides is 1. The molecule has 1 aromatic carbocycles. The lowest BCUT2D eigenvalue weighted by Gasteiger charge is -2.59. The van der Waals surface area contributed by atoms with Gasteiger partial charge in [0.25, 0.3) is 5.91 Å². The first-order chi connectivity index (χ1) is 13.5. The summed E-state index contributed by atoms with van der Waals surface area (Å²) in [5.41, 5.74) is 0.801. The standard InChI is InChI=1S/C26H39NO2/c1-17(26-14-18-11-19(15-26)13-20(12-18)16-26)27-23(28)25(5,6)29-22-9-7-21(8-10-22)24(2,3)4/h7-10,17-20H,11-16H2,1-6H3,(H,27,28)/t17-,18?,19?,20?,26?/m1/s1. The molecule has 1 aromatic rings.